The van der Waals surface area contributed by atoms with Crippen LogP contribution in [0.15, 0.2) is 82.6 Å². The molecule has 11 nitrogen and oxygen atoms in total. The predicted octanol–water partition coefficient (Wildman–Crippen LogP) is 4.21. The van der Waals surface area contributed by atoms with E-state index in [1.807, 2.05) is 0 Å². The van der Waals surface area contributed by atoms with Gasteiger partial charge in [-0.15, -0.1) is 0 Å². The van der Waals surface area contributed by atoms with Gasteiger partial charge in [-0.25, -0.2) is 8.42 Å². The molecule has 0 bridgehead atoms. The number of hydrogen-bond donors (Lipinski definition) is 2. The number of ether oxygens (including phenoxy) is 3. The van der Waals surface area contributed by atoms with Crippen molar-refractivity contribution in [1.29, 1.82) is 0 Å². The van der Waals surface area contributed by atoms with Crippen molar-refractivity contribution in [1.82, 2.24) is 9.62 Å². The Morgan fingerprint density at radius 2 is 1.20 bits per heavy atom. The molecule has 3 aromatic carbocycles. The summed E-state index contributed by atoms with van der Waals surface area (Å²) in [6.45, 7) is 6.09. The lowest BCUT2D eigenvalue weighted by Gasteiger charge is -2.38. The van der Waals surface area contributed by atoms with E-state index in [2.05, 4.69) is 19.2 Å². The minimum absolute atomic E-state index is 0.00963. The maximum absolute atomic E-state index is 12.9. The van der Waals surface area contributed by atoms with Gasteiger partial charge in [0.15, 0.2) is 0 Å². The minimum Gasteiger partial charge on any atom is -0.494 e. The lowest BCUT2D eigenvalue weighted by atomic mass is 10.2. The van der Waals surface area contributed by atoms with E-state index in [4.69, 9.17) is 18.4 Å². The lowest BCUT2D eigenvalue weighted by Crippen LogP contribution is -2.60. The Labute approximate surface area is 266 Å². The van der Waals surface area contributed by atoms with Crippen LogP contribution in [-0.4, -0.2) is 77.8 Å². The van der Waals surface area contributed by atoms with Gasteiger partial charge in [-0.3, -0.25) is 0 Å². The normalized spacial score (nSPS) is 14.8. The van der Waals surface area contributed by atoms with E-state index in [1.54, 1.807) is 48.5 Å². The molecule has 1 aliphatic heterocycles. The Hall–Kier alpha value is -3.36. The fourth-order valence-corrected chi connectivity index (χ4v) is 6.77. The Balaban J connectivity index is 1.16. The summed E-state index contributed by atoms with van der Waals surface area (Å²) in [6, 6.07) is 18.5. The molecule has 246 valence electrons. The third kappa shape index (κ3) is 10.1. The monoisotopic (exact) mass is 662 g/mol. The second kappa shape index (κ2) is 16.3. The summed E-state index contributed by atoms with van der Waals surface area (Å²) in [5.74, 6) is 1.78. The van der Waals surface area contributed by atoms with E-state index in [9.17, 15) is 21.9 Å². The van der Waals surface area contributed by atoms with E-state index in [-0.39, 0.29) is 34.7 Å². The van der Waals surface area contributed by atoms with Crippen LogP contribution in [0.25, 0.3) is 0 Å². The highest BCUT2D eigenvalue weighted by Crippen LogP contribution is 2.25. The molecule has 3 aromatic rings. The lowest BCUT2D eigenvalue weighted by molar-refractivity contribution is 0.0957. The number of sulfonamides is 1. The van der Waals surface area contributed by atoms with Crippen molar-refractivity contribution in [3.05, 3.63) is 72.8 Å². The molecule has 0 amide bonds. The topological polar surface area (TPSA) is 141 Å². The fraction of sp³-hybridized carbons (Fsp3) is 0.438. The van der Waals surface area contributed by atoms with Gasteiger partial charge >= 0.3 is 10.1 Å². The van der Waals surface area contributed by atoms with Gasteiger partial charge in [-0.2, -0.15) is 12.7 Å². The molecule has 0 saturated carbocycles. The molecule has 1 fully saturated rings. The molecule has 0 spiro atoms. The standard InChI is InChI=1S/C32H42N2O9S2/c1-3-5-19-40-27-11-15-31(16-12-27)44(36,37)34-22-25(23-34)33-21-26(35)24-42-29-7-9-30(10-8-29)43-45(38,39)32-17-13-28(14-18-32)41-20-6-4-2/h7-18,25-26,33,35H,3-6,19-24H2,1-2H3. The van der Waals surface area contributed by atoms with E-state index >= 15 is 0 Å². The molecule has 0 aliphatic carbocycles. The van der Waals surface area contributed by atoms with Crippen LogP contribution < -0.4 is 23.7 Å². The molecule has 0 radical (unpaired) electrons. The van der Waals surface area contributed by atoms with E-state index in [1.165, 1.54) is 28.6 Å². The SMILES string of the molecule is CCCCOc1ccc(S(=O)(=O)Oc2ccc(OCC(O)CNC3CN(S(=O)(=O)c4ccc(OCCCC)cc4)C3)cc2)cc1. The second-order valence-electron chi connectivity index (χ2n) is 10.7. The van der Waals surface area contributed by atoms with Gasteiger partial charge in [0.05, 0.1) is 18.1 Å². The first-order chi connectivity index (χ1) is 21.6. The highest BCUT2D eigenvalue weighted by Gasteiger charge is 2.36. The number of unbranched alkanes of at least 4 members (excludes halogenated alkanes) is 2. The second-order valence-corrected chi connectivity index (χ2v) is 14.2. The Morgan fingerprint density at radius 3 is 1.73 bits per heavy atom. The molecule has 1 saturated heterocycles. The molecule has 1 heterocycles. The van der Waals surface area contributed by atoms with Crippen LogP contribution in [0.3, 0.4) is 0 Å². The van der Waals surface area contributed by atoms with Crippen LogP contribution in [0.2, 0.25) is 0 Å². The van der Waals surface area contributed by atoms with Gasteiger partial charge in [0.2, 0.25) is 10.0 Å². The van der Waals surface area contributed by atoms with E-state index in [0.29, 0.717) is 43.6 Å². The summed E-state index contributed by atoms with van der Waals surface area (Å²) in [7, 11) is -7.63. The number of nitrogens with zero attached hydrogens (tertiary/aromatic N) is 1. The molecule has 45 heavy (non-hydrogen) atoms. The third-order valence-corrected chi connectivity index (χ3v) is 10.2. The van der Waals surface area contributed by atoms with Gasteiger partial charge < -0.3 is 28.8 Å². The highest BCUT2D eigenvalue weighted by molar-refractivity contribution is 7.89. The quantitative estimate of drug-likeness (QED) is 0.142. The fourth-order valence-electron chi connectivity index (χ4n) is 4.31. The average molecular weight is 663 g/mol. The summed E-state index contributed by atoms with van der Waals surface area (Å²) >= 11 is 0. The van der Waals surface area contributed by atoms with Crippen LogP contribution in [-0.2, 0) is 20.1 Å². The van der Waals surface area contributed by atoms with Crippen LogP contribution in [0.1, 0.15) is 39.5 Å². The number of benzene rings is 3. The van der Waals surface area contributed by atoms with Crippen molar-refractivity contribution in [2.75, 3.05) is 39.5 Å². The molecule has 0 aromatic heterocycles. The number of nitrogens with one attached hydrogen (secondary N) is 1. The van der Waals surface area contributed by atoms with Gasteiger partial charge in [-0.05, 0) is 85.6 Å². The van der Waals surface area contributed by atoms with Gasteiger partial charge in [0.1, 0.15) is 40.6 Å². The molecule has 2 N–H and O–H groups in total. The van der Waals surface area contributed by atoms with Crippen LogP contribution in [0.4, 0.5) is 0 Å². The van der Waals surface area contributed by atoms with Crippen LogP contribution >= 0.6 is 0 Å². The van der Waals surface area contributed by atoms with Gasteiger partial charge in [0, 0.05) is 25.7 Å². The van der Waals surface area contributed by atoms with Crippen molar-refractivity contribution in [2.45, 2.75) is 61.5 Å². The number of aliphatic hydroxyl groups excluding tert-OH is 1. The molecule has 13 heteroatoms. The smallest absolute Gasteiger partial charge is 0.339 e. The van der Waals surface area contributed by atoms with Crippen LogP contribution in [0, 0.1) is 0 Å². The molecule has 1 atom stereocenters. The summed E-state index contributed by atoms with van der Waals surface area (Å²) in [6.07, 6.45) is 3.03. The Bertz CT molecular complexity index is 1540. The molecule has 1 aliphatic rings. The van der Waals surface area contributed by atoms with Crippen molar-refractivity contribution < 1.29 is 40.3 Å². The maximum Gasteiger partial charge on any atom is 0.339 e. The summed E-state index contributed by atoms with van der Waals surface area (Å²) in [4.78, 5) is 0.226. The Kier molecular flexibility index (Phi) is 12.5. The van der Waals surface area contributed by atoms with Gasteiger partial charge in [-0.1, -0.05) is 26.7 Å². The number of rotatable bonds is 19. The predicted molar refractivity (Wildman–Crippen MR) is 170 cm³/mol. The minimum atomic E-state index is -4.03. The third-order valence-electron chi connectivity index (χ3n) is 7.07. The average Bonchev–Trinajstić information content (AvgIpc) is 3.00. The first-order valence-corrected chi connectivity index (χ1v) is 18.0. The van der Waals surface area contributed by atoms with Crippen molar-refractivity contribution >= 4 is 20.1 Å². The van der Waals surface area contributed by atoms with Crippen molar-refractivity contribution in [3.8, 4) is 23.0 Å². The van der Waals surface area contributed by atoms with Crippen LogP contribution in [0.5, 0.6) is 23.0 Å². The summed E-state index contributed by atoms with van der Waals surface area (Å²) < 4.78 is 74.5. The largest absolute Gasteiger partial charge is 0.494 e. The van der Waals surface area contributed by atoms with Gasteiger partial charge in [0.25, 0.3) is 0 Å². The summed E-state index contributed by atoms with van der Waals surface area (Å²) in [5.41, 5.74) is 0. The number of hydrogen-bond acceptors (Lipinski definition) is 10. The first-order valence-electron chi connectivity index (χ1n) is 15.2. The molecule has 4 rings (SSSR count). The highest BCUT2D eigenvalue weighted by atomic mass is 32.2. The maximum atomic E-state index is 12.9. The summed E-state index contributed by atoms with van der Waals surface area (Å²) in [5, 5.41) is 13.5. The van der Waals surface area contributed by atoms with Crippen molar-refractivity contribution in [2.24, 2.45) is 0 Å². The zero-order valence-corrected chi connectivity index (χ0v) is 27.3. The number of aliphatic hydroxyl groups is 1. The molecular formula is C32H42N2O9S2. The molecule has 1 unspecified atom stereocenters. The van der Waals surface area contributed by atoms with E-state index in [0.717, 1.165) is 25.7 Å². The zero-order valence-electron chi connectivity index (χ0n) is 25.6. The first kappa shape index (κ1) is 34.5. The van der Waals surface area contributed by atoms with Crippen molar-refractivity contribution in [3.63, 3.8) is 0 Å². The molecular weight excluding hydrogens is 620 g/mol. The zero-order chi connectivity index (χ0) is 32.3. The van der Waals surface area contributed by atoms with E-state index < -0.39 is 26.2 Å². The Morgan fingerprint density at radius 1 is 0.733 bits per heavy atom.